The van der Waals surface area contributed by atoms with Crippen molar-refractivity contribution in [1.29, 1.82) is 0 Å². The second-order valence-corrected chi connectivity index (χ2v) is 7.31. The van der Waals surface area contributed by atoms with Gasteiger partial charge in [-0.1, -0.05) is 42.1 Å². The number of imidazole rings is 1. The number of anilines is 1. The number of fused-ring (bicyclic) bond motifs is 2. The van der Waals surface area contributed by atoms with E-state index in [2.05, 4.69) is 26.0 Å². The normalized spacial score (nSPS) is 13.1. The fraction of sp³-hybridized carbons (Fsp3) is 0.100. The number of nitrogens with zero attached hydrogens (tertiary/aromatic N) is 2. The van der Waals surface area contributed by atoms with Gasteiger partial charge in [-0.3, -0.25) is 4.79 Å². The van der Waals surface area contributed by atoms with Gasteiger partial charge < -0.3 is 14.9 Å². The van der Waals surface area contributed by atoms with Gasteiger partial charge in [-0.05, 0) is 24.3 Å². The number of benzene rings is 2. The van der Waals surface area contributed by atoms with Crippen LogP contribution in [0, 0.1) is 0 Å². The minimum atomic E-state index is -0.147. The summed E-state index contributed by atoms with van der Waals surface area (Å²) >= 11 is 1.79. The zero-order chi connectivity index (χ0) is 17.5. The van der Waals surface area contributed by atoms with Crippen LogP contribution in [0.2, 0.25) is 0 Å². The van der Waals surface area contributed by atoms with E-state index in [1.807, 2.05) is 54.6 Å². The van der Waals surface area contributed by atoms with Gasteiger partial charge in [0.1, 0.15) is 5.69 Å². The highest BCUT2D eigenvalue weighted by molar-refractivity contribution is 7.99. The van der Waals surface area contributed by atoms with Crippen molar-refractivity contribution in [2.75, 3.05) is 11.1 Å². The van der Waals surface area contributed by atoms with Crippen LogP contribution in [0.15, 0.2) is 66.0 Å². The Labute approximate surface area is 154 Å². The number of H-pyrrole nitrogens is 1. The fourth-order valence-corrected chi connectivity index (χ4v) is 4.11. The number of aromatic amines is 1. The summed E-state index contributed by atoms with van der Waals surface area (Å²) in [6, 6.07) is 17.5. The number of nitrogens with one attached hydrogen (secondary N) is 2. The summed E-state index contributed by atoms with van der Waals surface area (Å²) in [6.45, 7) is 1.02. The Morgan fingerprint density at radius 2 is 2.00 bits per heavy atom. The number of rotatable bonds is 3. The molecule has 3 heterocycles. The van der Waals surface area contributed by atoms with Gasteiger partial charge in [-0.25, -0.2) is 4.98 Å². The first-order valence-electron chi connectivity index (χ1n) is 8.46. The number of aromatic nitrogens is 3. The summed E-state index contributed by atoms with van der Waals surface area (Å²) in [6.07, 6.45) is 2.09. The van der Waals surface area contributed by atoms with Gasteiger partial charge in [0, 0.05) is 40.6 Å². The molecule has 1 amide bonds. The van der Waals surface area contributed by atoms with E-state index in [9.17, 15) is 4.79 Å². The molecule has 0 spiro atoms. The molecule has 1 aliphatic rings. The van der Waals surface area contributed by atoms with Crippen LogP contribution in [0.4, 0.5) is 5.69 Å². The number of carbonyl (C=O) groups is 1. The largest absolute Gasteiger partial charge is 0.351 e. The van der Waals surface area contributed by atoms with E-state index in [-0.39, 0.29) is 5.91 Å². The Hall–Kier alpha value is -2.99. The van der Waals surface area contributed by atoms with E-state index in [0.717, 1.165) is 45.3 Å². The monoisotopic (exact) mass is 360 g/mol. The highest BCUT2D eigenvalue weighted by Crippen LogP contribution is 2.29. The van der Waals surface area contributed by atoms with E-state index < -0.39 is 0 Å². The Morgan fingerprint density at radius 1 is 1.15 bits per heavy atom. The maximum atomic E-state index is 12.5. The summed E-state index contributed by atoms with van der Waals surface area (Å²) < 4.78 is 2.19. The Morgan fingerprint density at radius 3 is 2.81 bits per heavy atom. The number of amides is 1. The van der Waals surface area contributed by atoms with Gasteiger partial charge in [0.05, 0.1) is 5.69 Å². The highest BCUT2D eigenvalue weighted by Gasteiger charge is 2.15. The third-order valence-electron chi connectivity index (χ3n) is 4.52. The molecular weight excluding hydrogens is 344 g/mol. The Kier molecular flexibility index (Phi) is 3.57. The lowest BCUT2D eigenvalue weighted by atomic mass is 10.1. The summed E-state index contributed by atoms with van der Waals surface area (Å²) in [4.78, 5) is 20.3. The summed E-state index contributed by atoms with van der Waals surface area (Å²) in [7, 11) is 0. The molecule has 0 fully saturated rings. The van der Waals surface area contributed by atoms with Crippen LogP contribution < -0.4 is 5.32 Å². The van der Waals surface area contributed by atoms with Crippen LogP contribution in [-0.2, 0) is 6.54 Å². The zero-order valence-electron chi connectivity index (χ0n) is 13.9. The summed E-state index contributed by atoms with van der Waals surface area (Å²) in [5, 5.41) is 5.04. The maximum Gasteiger partial charge on any atom is 0.272 e. The third kappa shape index (κ3) is 2.68. The number of aryl methyl sites for hydroxylation is 1. The molecule has 0 aliphatic carbocycles. The van der Waals surface area contributed by atoms with E-state index in [4.69, 9.17) is 0 Å². The second kappa shape index (κ2) is 6.07. The number of thioether (sulfide) groups is 1. The summed E-state index contributed by atoms with van der Waals surface area (Å²) in [5.74, 6) is 0.952. The molecule has 6 heteroatoms. The maximum absolute atomic E-state index is 12.5. The SMILES string of the molecule is O=C(Nc1ccc(-c2cn3c(n2)SCC3)cc1)c1cc2ccccc2[nH]1. The predicted octanol–water partition coefficient (Wildman–Crippen LogP) is 4.39. The minimum Gasteiger partial charge on any atom is -0.351 e. The van der Waals surface area contributed by atoms with Crippen LogP contribution >= 0.6 is 11.8 Å². The lowest BCUT2D eigenvalue weighted by molar-refractivity contribution is 0.102. The quantitative estimate of drug-likeness (QED) is 0.570. The first-order chi connectivity index (χ1) is 12.8. The number of hydrogen-bond donors (Lipinski definition) is 2. The topological polar surface area (TPSA) is 62.7 Å². The molecular formula is C20H16N4OS. The van der Waals surface area contributed by atoms with Crippen molar-refractivity contribution < 1.29 is 4.79 Å². The fourth-order valence-electron chi connectivity index (χ4n) is 3.17. The molecule has 0 saturated carbocycles. The standard InChI is InChI=1S/C20H16N4OS/c25-19(17-11-14-3-1-2-4-16(14)22-17)21-15-7-5-13(6-8-15)18-12-24-9-10-26-20(24)23-18/h1-8,11-12,22H,9-10H2,(H,21,25). The third-order valence-corrected chi connectivity index (χ3v) is 5.49. The lowest BCUT2D eigenvalue weighted by Crippen LogP contribution is -2.12. The van der Waals surface area contributed by atoms with E-state index in [0.29, 0.717) is 5.69 Å². The van der Waals surface area contributed by atoms with E-state index in [1.165, 1.54) is 0 Å². The smallest absolute Gasteiger partial charge is 0.272 e. The average molecular weight is 360 g/mol. The van der Waals surface area contributed by atoms with Crippen LogP contribution in [0.1, 0.15) is 10.5 Å². The van der Waals surface area contributed by atoms with Crippen molar-refractivity contribution in [3.63, 3.8) is 0 Å². The van der Waals surface area contributed by atoms with Crippen molar-refractivity contribution in [3.05, 3.63) is 66.5 Å². The molecule has 26 heavy (non-hydrogen) atoms. The molecule has 0 radical (unpaired) electrons. The van der Waals surface area contributed by atoms with Gasteiger partial charge in [0.2, 0.25) is 0 Å². The van der Waals surface area contributed by atoms with Gasteiger partial charge in [0.25, 0.3) is 5.91 Å². The van der Waals surface area contributed by atoms with E-state index >= 15 is 0 Å². The van der Waals surface area contributed by atoms with Crippen molar-refractivity contribution in [1.82, 2.24) is 14.5 Å². The predicted molar refractivity (Wildman–Crippen MR) is 105 cm³/mol. The lowest BCUT2D eigenvalue weighted by Gasteiger charge is -2.05. The van der Waals surface area contributed by atoms with Crippen molar-refractivity contribution in [3.8, 4) is 11.3 Å². The molecule has 0 unspecified atom stereocenters. The molecule has 0 atom stereocenters. The second-order valence-electron chi connectivity index (χ2n) is 6.25. The Bertz CT molecular complexity index is 1060. The minimum absolute atomic E-state index is 0.147. The first-order valence-corrected chi connectivity index (χ1v) is 9.44. The molecule has 0 saturated heterocycles. The number of carbonyl (C=O) groups excluding carboxylic acids is 1. The first kappa shape index (κ1) is 15.3. The van der Waals surface area contributed by atoms with Crippen LogP contribution in [0.25, 0.3) is 22.2 Å². The number of hydrogen-bond acceptors (Lipinski definition) is 3. The molecule has 4 aromatic rings. The van der Waals surface area contributed by atoms with Crippen LogP contribution in [0.3, 0.4) is 0 Å². The van der Waals surface area contributed by atoms with Crippen molar-refractivity contribution in [2.24, 2.45) is 0 Å². The van der Waals surface area contributed by atoms with Gasteiger partial charge in [0.15, 0.2) is 5.16 Å². The number of para-hydroxylation sites is 1. The average Bonchev–Trinajstić information content (AvgIpc) is 3.36. The molecule has 5 rings (SSSR count). The van der Waals surface area contributed by atoms with Crippen LogP contribution in [0.5, 0.6) is 0 Å². The van der Waals surface area contributed by atoms with Crippen molar-refractivity contribution >= 4 is 34.3 Å². The Balaban J connectivity index is 1.34. The van der Waals surface area contributed by atoms with Gasteiger partial charge in [-0.15, -0.1) is 0 Å². The highest BCUT2D eigenvalue weighted by atomic mass is 32.2. The van der Waals surface area contributed by atoms with Crippen molar-refractivity contribution in [2.45, 2.75) is 11.7 Å². The molecule has 5 nitrogen and oxygen atoms in total. The molecule has 2 aromatic carbocycles. The van der Waals surface area contributed by atoms with Crippen LogP contribution in [-0.4, -0.2) is 26.2 Å². The molecule has 1 aliphatic heterocycles. The molecule has 128 valence electrons. The molecule has 2 aromatic heterocycles. The van der Waals surface area contributed by atoms with Gasteiger partial charge in [-0.2, -0.15) is 0 Å². The molecule has 0 bridgehead atoms. The van der Waals surface area contributed by atoms with E-state index in [1.54, 1.807) is 11.8 Å². The molecule has 2 N–H and O–H groups in total. The zero-order valence-corrected chi connectivity index (χ0v) is 14.7. The summed E-state index contributed by atoms with van der Waals surface area (Å²) in [5.41, 5.74) is 4.30. The van der Waals surface area contributed by atoms with Gasteiger partial charge >= 0.3 is 0 Å².